The third kappa shape index (κ3) is 5.81. The molecule has 0 unspecified atom stereocenters. The van der Waals surface area contributed by atoms with Gasteiger partial charge < -0.3 is 9.22 Å². The van der Waals surface area contributed by atoms with Gasteiger partial charge in [0.25, 0.3) is 14.3 Å². The van der Waals surface area contributed by atoms with Crippen LogP contribution in [0.1, 0.15) is 27.2 Å². The topological polar surface area (TPSA) is 46.5 Å². The van der Waals surface area contributed by atoms with Crippen LogP contribution in [0.4, 0.5) is 0 Å². The molecule has 0 saturated carbocycles. The number of carbonyl (C=O) groups excluding carboxylic acids is 1. The van der Waals surface area contributed by atoms with Crippen molar-refractivity contribution < 1.29 is 14.0 Å². The molecule has 16 heavy (non-hydrogen) atoms. The van der Waals surface area contributed by atoms with Gasteiger partial charge >= 0.3 is 0 Å². The van der Waals surface area contributed by atoms with Crippen LogP contribution in [-0.4, -0.2) is 27.4 Å². The van der Waals surface area contributed by atoms with Gasteiger partial charge in [0, 0.05) is 6.42 Å². The van der Waals surface area contributed by atoms with E-state index in [4.69, 9.17) is 4.43 Å². The molecule has 0 saturated heterocycles. The van der Waals surface area contributed by atoms with Gasteiger partial charge in [-0.25, -0.2) is 0 Å². The first-order valence-electron chi connectivity index (χ1n) is 6.23. The molecular weight excluding hydrogens is 236 g/mol. The molecule has 0 amide bonds. The molecular formula is C11H26O3Si2. The molecule has 0 aliphatic carbocycles. The molecule has 0 bridgehead atoms. The molecule has 0 fully saturated rings. The lowest BCUT2D eigenvalue weighted by molar-refractivity contribution is -0.135. The second kappa shape index (κ2) is 6.56. The summed E-state index contributed by atoms with van der Waals surface area (Å²) in [5.74, 6) is -0.105. The van der Waals surface area contributed by atoms with E-state index < -0.39 is 16.6 Å². The normalized spacial score (nSPS) is 12.6. The van der Waals surface area contributed by atoms with Gasteiger partial charge in [-0.05, 0) is 37.3 Å². The lowest BCUT2D eigenvalue weighted by Gasteiger charge is -2.28. The highest BCUT2D eigenvalue weighted by molar-refractivity contribution is 6.75. The van der Waals surface area contributed by atoms with Crippen LogP contribution in [0, 0.1) is 0 Å². The Hall–Kier alpha value is -0.136. The molecule has 5 heteroatoms. The third-order valence-corrected chi connectivity index (χ3v) is 9.20. The average Bonchev–Trinajstić information content (AvgIpc) is 2.22. The number of hydrogen-bond donors (Lipinski definition) is 1. The van der Waals surface area contributed by atoms with E-state index in [1.54, 1.807) is 0 Å². The fourth-order valence-electron chi connectivity index (χ4n) is 1.67. The smallest absolute Gasteiger partial charge is 0.292 e. The Morgan fingerprint density at radius 1 is 1.12 bits per heavy atom. The van der Waals surface area contributed by atoms with Crippen LogP contribution in [0.3, 0.4) is 0 Å². The maximum Gasteiger partial charge on any atom is 0.292 e. The van der Waals surface area contributed by atoms with Gasteiger partial charge in [-0.15, -0.1) is 0 Å². The standard InChI is InChI=1S/C11H26O3Si2/c1-6-16(7-2,8-3)14-11(12)9-10-15(4,5)13/h13H,6-10H2,1-5H3. The largest absolute Gasteiger partial charge is 0.519 e. The summed E-state index contributed by atoms with van der Waals surface area (Å²) < 4.78 is 5.69. The van der Waals surface area contributed by atoms with Crippen LogP contribution in [0.25, 0.3) is 0 Å². The highest BCUT2D eigenvalue weighted by Crippen LogP contribution is 2.23. The van der Waals surface area contributed by atoms with Crippen LogP contribution in [0.5, 0.6) is 0 Å². The Morgan fingerprint density at radius 3 is 1.88 bits per heavy atom. The molecule has 0 rings (SSSR count). The Kier molecular flexibility index (Phi) is 6.51. The summed E-state index contributed by atoms with van der Waals surface area (Å²) in [7, 11) is -3.90. The van der Waals surface area contributed by atoms with E-state index in [1.807, 2.05) is 13.1 Å². The average molecular weight is 262 g/mol. The van der Waals surface area contributed by atoms with Crippen molar-refractivity contribution in [1.29, 1.82) is 0 Å². The second-order valence-corrected chi connectivity index (χ2v) is 13.8. The first kappa shape index (κ1) is 15.9. The van der Waals surface area contributed by atoms with Crippen LogP contribution < -0.4 is 0 Å². The molecule has 0 aliphatic heterocycles. The first-order valence-corrected chi connectivity index (χ1v) is 11.9. The fraction of sp³-hybridized carbons (Fsp3) is 0.909. The van der Waals surface area contributed by atoms with Crippen molar-refractivity contribution in [3.8, 4) is 0 Å². The van der Waals surface area contributed by atoms with Crippen LogP contribution in [0.15, 0.2) is 0 Å². The fourth-order valence-corrected chi connectivity index (χ4v) is 5.00. The van der Waals surface area contributed by atoms with Crippen LogP contribution in [-0.2, 0) is 9.22 Å². The Morgan fingerprint density at radius 2 is 1.56 bits per heavy atom. The van der Waals surface area contributed by atoms with Gasteiger partial charge in [0.15, 0.2) is 8.32 Å². The van der Waals surface area contributed by atoms with E-state index in [0.29, 0.717) is 12.5 Å². The molecule has 0 radical (unpaired) electrons. The van der Waals surface area contributed by atoms with E-state index in [2.05, 4.69) is 20.8 Å². The van der Waals surface area contributed by atoms with Gasteiger partial charge in [0.05, 0.1) is 0 Å². The zero-order valence-corrected chi connectivity index (χ0v) is 13.3. The van der Waals surface area contributed by atoms with Gasteiger partial charge in [-0.1, -0.05) is 20.8 Å². The van der Waals surface area contributed by atoms with E-state index in [-0.39, 0.29) is 5.97 Å². The minimum Gasteiger partial charge on any atom is -0.519 e. The van der Waals surface area contributed by atoms with Crippen LogP contribution in [0.2, 0.25) is 37.3 Å². The van der Waals surface area contributed by atoms with Gasteiger partial charge in [-0.2, -0.15) is 0 Å². The van der Waals surface area contributed by atoms with Crippen molar-refractivity contribution in [3.63, 3.8) is 0 Å². The molecule has 1 N–H and O–H groups in total. The maximum absolute atomic E-state index is 11.7. The highest BCUT2D eigenvalue weighted by Gasteiger charge is 2.33. The molecule has 0 aromatic rings. The Bertz CT molecular complexity index is 211. The SMILES string of the molecule is CC[Si](CC)(CC)OC(=O)CC[Si](C)(C)O. The summed E-state index contributed by atoms with van der Waals surface area (Å²) in [5, 5.41) is 0. The lowest BCUT2D eigenvalue weighted by atomic mass is 10.5. The highest BCUT2D eigenvalue weighted by atomic mass is 28.4. The van der Waals surface area contributed by atoms with Crippen molar-refractivity contribution in [2.45, 2.75) is 64.5 Å². The summed E-state index contributed by atoms with van der Waals surface area (Å²) in [6, 6.07) is 3.58. The third-order valence-electron chi connectivity index (χ3n) is 3.20. The van der Waals surface area contributed by atoms with E-state index >= 15 is 0 Å². The first-order chi connectivity index (χ1) is 7.28. The molecule has 0 aromatic carbocycles. The summed E-state index contributed by atoms with van der Waals surface area (Å²) in [4.78, 5) is 21.4. The summed E-state index contributed by atoms with van der Waals surface area (Å²) >= 11 is 0. The molecule has 0 aromatic heterocycles. The molecule has 3 nitrogen and oxygen atoms in total. The van der Waals surface area contributed by atoms with Crippen LogP contribution >= 0.6 is 0 Å². The Balaban J connectivity index is 4.21. The molecule has 0 aliphatic rings. The van der Waals surface area contributed by atoms with E-state index in [9.17, 15) is 9.59 Å². The maximum atomic E-state index is 11.7. The molecule has 0 heterocycles. The minimum atomic E-state index is -2.11. The summed E-state index contributed by atoms with van der Waals surface area (Å²) in [6.07, 6.45) is 0.379. The van der Waals surface area contributed by atoms with E-state index in [0.717, 1.165) is 18.1 Å². The van der Waals surface area contributed by atoms with Gasteiger partial charge in [-0.3, -0.25) is 4.79 Å². The summed E-state index contributed by atoms with van der Waals surface area (Å²) in [6.45, 7) is 10.0. The molecule has 0 spiro atoms. The van der Waals surface area contributed by atoms with Crippen molar-refractivity contribution in [2.24, 2.45) is 0 Å². The van der Waals surface area contributed by atoms with Crippen molar-refractivity contribution in [1.82, 2.24) is 0 Å². The van der Waals surface area contributed by atoms with Gasteiger partial charge in [0.2, 0.25) is 0 Å². The summed E-state index contributed by atoms with van der Waals surface area (Å²) in [5.41, 5.74) is 0. The monoisotopic (exact) mass is 262 g/mol. The number of carbonyl (C=O) groups is 1. The van der Waals surface area contributed by atoms with Gasteiger partial charge in [0.1, 0.15) is 0 Å². The molecule has 96 valence electrons. The van der Waals surface area contributed by atoms with E-state index in [1.165, 1.54) is 0 Å². The second-order valence-electron chi connectivity index (χ2n) is 5.03. The predicted molar refractivity (Wildman–Crippen MR) is 72.4 cm³/mol. The van der Waals surface area contributed by atoms with Crippen molar-refractivity contribution >= 4 is 22.6 Å². The predicted octanol–water partition coefficient (Wildman–Crippen LogP) is 3.12. The van der Waals surface area contributed by atoms with Crippen molar-refractivity contribution in [2.75, 3.05) is 0 Å². The zero-order valence-electron chi connectivity index (χ0n) is 11.3. The minimum absolute atomic E-state index is 0.105. The lowest BCUT2D eigenvalue weighted by Crippen LogP contribution is -2.38. The zero-order chi connectivity index (χ0) is 12.8. The number of hydrogen-bond acceptors (Lipinski definition) is 3. The number of rotatable bonds is 7. The molecule has 0 atom stereocenters. The Labute approximate surface area is 101 Å². The van der Waals surface area contributed by atoms with Crippen molar-refractivity contribution in [3.05, 3.63) is 0 Å². The quantitative estimate of drug-likeness (QED) is 0.717.